The molecule has 1 amide bonds. The monoisotopic (exact) mass is 469 g/mol. The van der Waals surface area contributed by atoms with E-state index >= 15 is 0 Å². The number of carbonyl (C=O) groups is 1. The summed E-state index contributed by atoms with van der Waals surface area (Å²) in [6, 6.07) is 15.5. The molecule has 1 aromatic heterocycles. The van der Waals surface area contributed by atoms with Gasteiger partial charge in [-0.05, 0) is 36.4 Å². The maximum Gasteiger partial charge on any atom is 0.326 e. The van der Waals surface area contributed by atoms with Gasteiger partial charge in [0.05, 0.1) is 19.0 Å². The number of ether oxygens (including phenoxy) is 4. The number of rotatable bonds is 6. The number of methoxy groups -OCH3 is 1. The molecule has 33 heavy (non-hydrogen) atoms. The van der Waals surface area contributed by atoms with E-state index in [0.29, 0.717) is 34.6 Å². The van der Waals surface area contributed by atoms with Crippen LogP contribution in [0.5, 0.6) is 28.9 Å². The minimum atomic E-state index is -3.85. The smallest absolute Gasteiger partial charge is 0.326 e. The summed E-state index contributed by atoms with van der Waals surface area (Å²) in [5.41, 5.74) is 1.20. The third-order valence-electron chi connectivity index (χ3n) is 5.10. The van der Waals surface area contributed by atoms with Crippen LogP contribution < -0.4 is 28.0 Å². The Balaban J connectivity index is 1.31. The number of benzene rings is 2. The Hall–Kier alpha value is -3.99. The van der Waals surface area contributed by atoms with Crippen LogP contribution in [-0.2, 0) is 15.0 Å². The first kappa shape index (κ1) is 20.9. The first-order chi connectivity index (χ1) is 15.9. The van der Waals surface area contributed by atoms with Gasteiger partial charge in [0.25, 0.3) is 5.91 Å². The number of nitrogens with zero attached hydrogens (tertiary/aromatic N) is 2. The van der Waals surface area contributed by atoms with Gasteiger partial charge in [0.2, 0.25) is 5.88 Å². The van der Waals surface area contributed by atoms with Crippen molar-refractivity contribution in [2.24, 2.45) is 0 Å². The molecule has 0 bridgehead atoms. The average molecular weight is 469 g/mol. The van der Waals surface area contributed by atoms with Crippen LogP contribution in [0.15, 0.2) is 60.8 Å². The fourth-order valence-electron chi connectivity index (χ4n) is 3.57. The van der Waals surface area contributed by atoms with Crippen LogP contribution in [0.4, 0.5) is 5.69 Å². The largest absolute Gasteiger partial charge is 0.485 e. The van der Waals surface area contributed by atoms with Gasteiger partial charge in [-0.2, -0.15) is 8.42 Å². The molecule has 0 saturated carbocycles. The topological polar surface area (TPSA) is 116 Å². The average Bonchev–Trinajstić information content (AvgIpc) is 3.34. The van der Waals surface area contributed by atoms with Crippen molar-refractivity contribution in [3.05, 3.63) is 66.4 Å². The molecule has 1 N–H and O–H groups in total. The number of carbonyl (C=O) groups excluding carboxylic acids is 1. The van der Waals surface area contributed by atoms with E-state index in [1.807, 2.05) is 16.9 Å². The molecule has 2 aliphatic rings. The highest BCUT2D eigenvalue weighted by molar-refractivity contribution is 7.92. The predicted octanol–water partition coefficient (Wildman–Crippen LogP) is 2.58. The van der Waals surface area contributed by atoms with Crippen LogP contribution in [0.1, 0.15) is 11.7 Å². The number of aromatic nitrogens is 1. The number of para-hydroxylation sites is 1. The van der Waals surface area contributed by atoms with Crippen molar-refractivity contribution in [1.29, 1.82) is 0 Å². The van der Waals surface area contributed by atoms with E-state index in [-0.39, 0.29) is 19.3 Å². The molecule has 1 atom stereocenters. The summed E-state index contributed by atoms with van der Waals surface area (Å²) in [4.78, 5) is 15.6. The van der Waals surface area contributed by atoms with Gasteiger partial charge in [0.1, 0.15) is 24.7 Å². The Bertz CT molecular complexity index is 1290. The minimum absolute atomic E-state index is 0.251. The molecule has 0 radical (unpaired) electrons. The van der Waals surface area contributed by atoms with E-state index < -0.39 is 16.1 Å². The van der Waals surface area contributed by atoms with Crippen molar-refractivity contribution in [3.8, 4) is 28.9 Å². The summed E-state index contributed by atoms with van der Waals surface area (Å²) >= 11 is 0. The molecule has 3 aromatic rings. The maximum absolute atomic E-state index is 12.0. The number of nitrogens with one attached hydrogen (secondary N) is 1. The highest BCUT2D eigenvalue weighted by atomic mass is 32.2. The van der Waals surface area contributed by atoms with E-state index in [1.165, 1.54) is 0 Å². The lowest BCUT2D eigenvalue weighted by atomic mass is 10.1. The van der Waals surface area contributed by atoms with Crippen molar-refractivity contribution in [3.63, 3.8) is 0 Å². The van der Waals surface area contributed by atoms with Crippen molar-refractivity contribution < 1.29 is 32.2 Å². The number of fused-ring (bicyclic) bond motifs is 1. The lowest BCUT2D eigenvalue weighted by Gasteiger charge is -2.16. The quantitative estimate of drug-likeness (QED) is 0.586. The number of pyridine rings is 1. The first-order valence-electron chi connectivity index (χ1n) is 9.96. The highest BCUT2D eigenvalue weighted by Crippen LogP contribution is 2.43. The second-order valence-corrected chi connectivity index (χ2v) is 8.86. The Morgan fingerprint density at radius 3 is 2.55 bits per heavy atom. The fraction of sp³-hybridized carbons (Fsp3) is 0.182. The molecule has 3 heterocycles. The van der Waals surface area contributed by atoms with Gasteiger partial charge < -0.3 is 18.9 Å². The molecule has 1 saturated heterocycles. The Morgan fingerprint density at radius 2 is 1.88 bits per heavy atom. The second-order valence-electron chi connectivity index (χ2n) is 7.26. The SMILES string of the molecule is COc1ccc(Oc2cccc3c2OC[C@H]3Oc2ccc(N3CC(=O)NS3(=O)=O)cc2)cn1. The normalized spacial score (nSPS) is 18.3. The molecule has 0 unspecified atom stereocenters. The van der Waals surface area contributed by atoms with E-state index in [2.05, 4.69) is 4.98 Å². The van der Waals surface area contributed by atoms with E-state index in [1.54, 1.807) is 55.8 Å². The number of anilines is 1. The van der Waals surface area contributed by atoms with Crippen LogP contribution in [0.2, 0.25) is 0 Å². The second kappa shape index (κ2) is 8.17. The van der Waals surface area contributed by atoms with Crippen LogP contribution in [-0.4, -0.2) is 39.6 Å². The fourth-order valence-corrected chi connectivity index (χ4v) is 4.72. The zero-order valence-corrected chi connectivity index (χ0v) is 18.2. The Labute approximate surface area is 189 Å². The van der Waals surface area contributed by atoms with Crippen LogP contribution in [0.3, 0.4) is 0 Å². The van der Waals surface area contributed by atoms with Crippen LogP contribution in [0, 0.1) is 0 Å². The van der Waals surface area contributed by atoms with Gasteiger partial charge in [-0.1, -0.05) is 12.1 Å². The molecular formula is C22H19N3O7S. The molecule has 0 aliphatic carbocycles. The van der Waals surface area contributed by atoms with Gasteiger partial charge in [-0.15, -0.1) is 0 Å². The van der Waals surface area contributed by atoms with Crippen LogP contribution in [0.25, 0.3) is 0 Å². The van der Waals surface area contributed by atoms with Crippen molar-refractivity contribution in [2.45, 2.75) is 6.10 Å². The van der Waals surface area contributed by atoms with Gasteiger partial charge in [-0.3, -0.25) is 4.79 Å². The third-order valence-corrected chi connectivity index (χ3v) is 6.51. The van der Waals surface area contributed by atoms with Gasteiger partial charge in [0, 0.05) is 11.6 Å². The summed E-state index contributed by atoms with van der Waals surface area (Å²) in [6.45, 7) is 0.0378. The minimum Gasteiger partial charge on any atom is -0.485 e. The molecule has 5 rings (SSSR count). The highest BCUT2D eigenvalue weighted by Gasteiger charge is 2.34. The lowest BCUT2D eigenvalue weighted by molar-refractivity contribution is -0.117. The molecule has 10 nitrogen and oxygen atoms in total. The van der Waals surface area contributed by atoms with Gasteiger partial charge in [0.15, 0.2) is 17.6 Å². The summed E-state index contributed by atoms with van der Waals surface area (Å²) in [7, 11) is -2.31. The predicted molar refractivity (Wildman–Crippen MR) is 117 cm³/mol. The molecule has 2 aliphatic heterocycles. The number of hydrogen-bond donors (Lipinski definition) is 1. The molecule has 1 fully saturated rings. The molecule has 11 heteroatoms. The molecule has 0 spiro atoms. The number of hydrogen-bond acceptors (Lipinski definition) is 8. The molecule has 170 valence electrons. The van der Waals surface area contributed by atoms with Gasteiger partial charge >= 0.3 is 10.2 Å². The molecule has 2 aromatic carbocycles. The lowest BCUT2D eigenvalue weighted by Crippen LogP contribution is -2.29. The van der Waals surface area contributed by atoms with Crippen LogP contribution >= 0.6 is 0 Å². The van der Waals surface area contributed by atoms with Crippen molar-refractivity contribution in [2.75, 3.05) is 24.6 Å². The van der Waals surface area contributed by atoms with Gasteiger partial charge in [-0.25, -0.2) is 14.0 Å². The summed E-state index contributed by atoms with van der Waals surface area (Å²) in [5, 5.41) is 0. The molecular weight excluding hydrogens is 450 g/mol. The maximum atomic E-state index is 12.0. The summed E-state index contributed by atoms with van der Waals surface area (Å²) in [6.07, 6.45) is 1.19. The third kappa shape index (κ3) is 4.10. The van der Waals surface area contributed by atoms with E-state index in [4.69, 9.17) is 18.9 Å². The Morgan fingerprint density at radius 1 is 1.09 bits per heavy atom. The number of amides is 1. The summed E-state index contributed by atoms with van der Waals surface area (Å²) < 4.78 is 49.8. The first-order valence-corrected chi connectivity index (χ1v) is 11.4. The Kier molecular flexibility index (Phi) is 5.17. The van der Waals surface area contributed by atoms with E-state index in [9.17, 15) is 13.2 Å². The zero-order chi connectivity index (χ0) is 23.0. The summed E-state index contributed by atoms with van der Waals surface area (Å²) in [5.74, 6) is 2.11. The standard InChI is InChI=1S/C22H19N3O7S/c1-29-21-10-9-16(11-23-21)32-18-4-2-3-17-19(13-30-22(17)18)31-15-7-5-14(6-8-15)25-12-20(26)24-33(25,27)28/h2-11,19H,12-13H2,1H3,(H,24,26)/t19-/m1/s1. The zero-order valence-electron chi connectivity index (χ0n) is 17.4. The van der Waals surface area contributed by atoms with E-state index in [0.717, 1.165) is 9.87 Å². The van der Waals surface area contributed by atoms with Crippen molar-refractivity contribution in [1.82, 2.24) is 9.71 Å². The van der Waals surface area contributed by atoms with Crippen molar-refractivity contribution >= 4 is 21.8 Å².